The Bertz CT molecular complexity index is 373. The molecule has 1 aromatic rings. The molecule has 1 heterocycles. The molecule has 0 aliphatic carbocycles. The van der Waals surface area contributed by atoms with Crippen molar-refractivity contribution in [1.29, 1.82) is 0 Å². The van der Waals surface area contributed by atoms with Crippen molar-refractivity contribution in [3.05, 3.63) is 23.7 Å². The minimum atomic E-state index is -0.0816. The SMILES string of the molecule is CCOC(=O)CCCCCN(C)Cc1ccc(C)o1. The van der Waals surface area contributed by atoms with Crippen LogP contribution in [0.2, 0.25) is 0 Å². The molecule has 0 saturated carbocycles. The summed E-state index contributed by atoms with van der Waals surface area (Å²) in [5.74, 6) is 1.88. The van der Waals surface area contributed by atoms with E-state index in [-0.39, 0.29) is 5.97 Å². The molecule has 0 aliphatic heterocycles. The van der Waals surface area contributed by atoms with Crippen molar-refractivity contribution in [1.82, 2.24) is 4.90 Å². The number of carbonyl (C=O) groups excluding carboxylic acids is 1. The van der Waals surface area contributed by atoms with Gasteiger partial charge in [0.15, 0.2) is 0 Å². The number of carbonyl (C=O) groups is 1. The van der Waals surface area contributed by atoms with Gasteiger partial charge in [-0.15, -0.1) is 0 Å². The van der Waals surface area contributed by atoms with Crippen LogP contribution in [-0.2, 0) is 16.1 Å². The third-order valence-electron chi connectivity index (χ3n) is 2.95. The maximum atomic E-state index is 11.1. The van der Waals surface area contributed by atoms with E-state index in [1.807, 2.05) is 26.0 Å². The normalized spacial score (nSPS) is 10.9. The molecule has 0 atom stereocenters. The van der Waals surface area contributed by atoms with E-state index in [1.165, 1.54) is 0 Å². The second-order valence-electron chi connectivity index (χ2n) is 4.87. The summed E-state index contributed by atoms with van der Waals surface area (Å²) in [7, 11) is 2.09. The van der Waals surface area contributed by atoms with Crippen molar-refractivity contribution in [2.75, 3.05) is 20.2 Å². The first-order valence-electron chi connectivity index (χ1n) is 7.01. The quantitative estimate of drug-likeness (QED) is 0.509. The van der Waals surface area contributed by atoms with Crippen molar-refractivity contribution >= 4 is 5.97 Å². The predicted molar refractivity (Wildman–Crippen MR) is 74.9 cm³/mol. The summed E-state index contributed by atoms with van der Waals surface area (Å²) in [5, 5.41) is 0. The zero-order valence-corrected chi connectivity index (χ0v) is 12.3. The second kappa shape index (κ2) is 8.75. The van der Waals surface area contributed by atoms with E-state index in [2.05, 4.69) is 11.9 Å². The van der Waals surface area contributed by atoms with Gasteiger partial charge in [-0.1, -0.05) is 6.42 Å². The maximum absolute atomic E-state index is 11.1. The van der Waals surface area contributed by atoms with Crippen molar-refractivity contribution in [3.8, 4) is 0 Å². The molecule has 0 aromatic carbocycles. The van der Waals surface area contributed by atoms with E-state index in [9.17, 15) is 4.79 Å². The molecule has 4 heteroatoms. The number of rotatable bonds is 9. The minimum absolute atomic E-state index is 0.0816. The summed E-state index contributed by atoms with van der Waals surface area (Å²) in [4.78, 5) is 13.4. The molecular weight excluding hydrogens is 242 g/mol. The molecule has 0 amide bonds. The number of esters is 1. The van der Waals surface area contributed by atoms with E-state index >= 15 is 0 Å². The average molecular weight is 267 g/mol. The van der Waals surface area contributed by atoms with E-state index < -0.39 is 0 Å². The van der Waals surface area contributed by atoms with Gasteiger partial charge >= 0.3 is 5.97 Å². The number of aryl methyl sites for hydroxylation is 1. The van der Waals surface area contributed by atoms with Crippen LogP contribution in [0.15, 0.2) is 16.5 Å². The largest absolute Gasteiger partial charge is 0.466 e. The summed E-state index contributed by atoms with van der Waals surface area (Å²) >= 11 is 0. The Morgan fingerprint density at radius 3 is 2.74 bits per heavy atom. The summed E-state index contributed by atoms with van der Waals surface area (Å²) in [6.07, 6.45) is 3.59. The van der Waals surface area contributed by atoms with Crippen LogP contribution in [0.4, 0.5) is 0 Å². The lowest BCUT2D eigenvalue weighted by Gasteiger charge is -2.14. The van der Waals surface area contributed by atoms with Crippen molar-refractivity contribution in [3.63, 3.8) is 0 Å². The summed E-state index contributed by atoms with van der Waals surface area (Å²) in [5.41, 5.74) is 0. The Labute approximate surface area is 115 Å². The minimum Gasteiger partial charge on any atom is -0.466 e. The number of hydrogen-bond acceptors (Lipinski definition) is 4. The summed E-state index contributed by atoms with van der Waals surface area (Å²) in [6.45, 7) is 6.13. The van der Waals surface area contributed by atoms with Gasteiger partial charge in [-0.25, -0.2) is 0 Å². The molecule has 19 heavy (non-hydrogen) atoms. The van der Waals surface area contributed by atoms with Crippen LogP contribution in [0.3, 0.4) is 0 Å². The van der Waals surface area contributed by atoms with Crippen LogP contribution in [0.5, 0.6) is 0 Å². The first kappa shape index (κ1) is 15.8. The third kappa shape index (κ3) is 7.01. The first-order valence-corrected chi connectivity index (χ1v) is 7.01. The van der Waals surface area contributed by atoms with Crippen LogP contribution in [0, 0.1) is 6.92 Å². The van der Waals surface area contributed by atoms with E-state index in [4.69, 9.17) is 9.15 Å². The number of hydrogen-bond donors (Lipinski definition) is 0. The van der Waals surface area contributed by atoms with Crippen molar-refractivity contribution in [2.45, 2.75) is 46.1 Å². The summed E-state index contributed by atoms with van der Waals surface area (Å²) in [6, 6.07) is 4.01. The maximum Gasteiger partial charge on any atom is 0.305 e. The van der Waals surface area contributed by atoms with Crippen LogP contribution >= 0.6 is 0 Å². The van der Waals surface area contributed by atoms with Crippen LogP contribution in [-0.4, -0.2) is 31.1 Å². The molecule has 0 bridgehead atoms. The Balaban J connectivity index is 2.04. The van der Waals surface area contributed by atoms with Crippen molar-refractivity contribution < 1.29 is 13.9 Å². The molecule has 0 saturated heterocycles. The smallest absolute Gasteiger partial charge is 0.305 e. The van der Waals surface area contributed by atoms with Crippen LogP contribution < -0.4 is 0 Å². The van der Waals surface area contributed by atoms with Crippen LogP contribution in [0.1, 0.15) is 44.1 Å². The Morgan fingerprint density at radius 2 is 2.11 bits per heavy atom. The van der Waals surface area contributed by atoms with Gasteiger partial charge in [0.1, 0.15) is 11.5 Å². The van der Waals surface area contributed by atoms with Crippen molar-refractivity contribution in [2.24, 2.45) is 0 Å². The Hall–Kier alpha value is -1.29. The molecule has 0 radical (unpaired) electrons. The van der Waals surface area contributed by atoms with Gasteiger partial charge in [0.25, 0.3) is 0 Å². The fourth-order valence-electron chi connectivity index (χ4n) is 1.98. The number of furan rings is 1. The second-order valence-corrected chi connectivity index (χ2v) is 4.87. The van der Waals surface area contributed by atoms with Crippen LogP contribution in [0.25, 0.3) is 0 Å². The summed E-state index contributed by atoms with van der Waals surface area (Å²) < 4.78 is 10.4. The van der Waals surface area contributed by atoms with Gasteiger partial charge < -0.3 is 9.15 Å². The molecule has 0 unspecified atom stereocenters. The number of ether oxygens (including phenoxy) is 1. The lowest BCUT2D eigenvalue weighted by atomic mass is 10.2. The lowest BCUT2D eigenvalue weighted by Crippen LogP contribution is -2.18. The first-order chi connectivity index (χ1) is 9.11. The predicted octanol–water partition coefficient (Wildman–Crippen LogP) is 3.14. The monoisotopic (exact) mass is 267 g/mol. The topological polar surface area (TPSA) is 42.7 Å². The fourth-order valence-corrected chi connectivity index (χ4v) is 1.98. The molecule has 1 aromatic heterocycles. The highest BCUT2D eigenvalue weighted by Gasteiger charge is 2.05. The molecule has 0 N–H and O–H groups in total. The lowest BCUT2D eigenvalue weighted by molar-refractivity contribution is -0.143. The highest BCUT2D eigenvalue weighted by molar-refractivity contribution is 5.69. The third-order valence-corrected chi connectivity index (χ3v) is 2.95. The van der Waals surface area contributed by atoms with Gasteiger partial charge in [0.2, 0.25) is 0 Å². The highest BCUT2D eigenvalue weighted by Crippen LogP contribution is 2.09. The van der Waals surface area contributed by atoms with Gasteiger partial charge in [0, 0.05) is 6.42 Å². The Morgan fingerprint density at radius 1 is 1.32 bits per heavy atom. The molecule has 0 fully saturated rings. The Kier molecular flexibility index (Phi) is 7.26. The molecule has 1 rings (SSSR count). The van der Waals surface area contributed by atoms with E-state index in [0.717, 1.165) is 43.9 Å². The zero-order valence-electron chi connectivity index (χ0n) is 12.3. The molecule has 0 spiro atoms. The van der Waals surface area contributed by atoms with E-state index in [0.29, 0.717) is 13.0 Å². The molecule has 108 valence electrons. The molecule has 4 nitrogen and oxygen atoms in total. The molecule has 0 aliphatic rings. The molecular formula is C15H25NO3. The highest BCUT2D eigenvalue weighted by atomic mass is 16.5. The number of unbranched alkanes of at least 4 members (excludes halogenated alkanes) is 2. The van der Waals surface area contributed by atoms with Gasteiger partial charge in [-0.3, -0.25) is 9.69 Å². The van der Waals surface area contributed by atoms with Gasteiger partial charge in [0.05, 0.1) is 13.2 Å². The van der Waals surface area contributed by atoms with Gasteiger partial charge in [-0.05, 0) is 52.4 Å². The van der Waals surface area contributed by atoms with E-state index in [1.54, 1.807) is 0 Å². The number of nitrogens with zero attached hydrogens (tertiary/aromatic N) is 1. The average Bonchev–Trinajstić information content (AvgIpc) is 2.74. The standard InChI is InChI=1S/C15H25NO3/c1-4-18-15(17)8-6-5-7-11-16(3)12-14-10-9-13(2)19-14/h9-10H,4-8,11-12H2,1-3H3. The van der Waals surface area contributed by atoms with Gasteiger partial charge in [-0.2, -0.15) is 0 Å². The zero-order chi connectivity index (χ0) is 14.1. The fraction of sp³-hybridized carbons (Fsp3) is 0.667.